The highest BCUT2D eigenvalue weighted by Crippen LogP contribution is 2.24. The largest absolute Gasteiger partial charge is 0.317 e. The van der Waals surface area contributed by atoms with Crippen molar-refractivity contribution in [2.75, 3.05) is 13.1 Å². The van der Waals surface area contributed by atoms with Gasteiger partial charge in [-0.3, -0.25) is 0 Å². The average molecular weight is 268 g/mol. The Morgan fingerprint density at radius 1 is 1.24 bits per heavy atom. The van der Waals surface area contributed by atoms with Crippen molar-refractivity contribution in [1.29, 1.82) is 0 Å². The van der Waals surface area contributed by atoms with Crippen molar-refractivity contribution in [2.24, 2.45) is 0 Å². The molecule has 0 spiro atoms. The minimum atomic E-state index is 0.741. The summed E-state index contributed by atoms with van der Waals surface area (Å²) in [5.74, 6) is 0. The van der Waals surface area contributed by atoms with E-state index >= 15 is 0 Å². The van der Waals surface area contributed by atoms with Crippen LogP contribution in [0.3, 0.4) is 0 Å². The van der Waals surface area contributed by atoms with Gasteiger partial charge >= 0.3 is 0 Å². The molecule has 90 valence electrons. The quantitative estimate of drug-likeness (QED) is 0.847. The van der Waals surface area contributed by atoms with Gasteiger partial charge in [0.2, 0.25) is 0 Å². The number of nitrogens with zero attached hydrogens (tertiary/aromatic N) is 2. The molecule has 1 N–H and O–H groups in total. The van der Waals surface area contributed by atoms with Crippen LogP contribution in [0.2, 0.25) is 5.02 Å². The van der Waals surface area contributed by atoms with E-state index in [9.17, 15) is 0 Å². The molecule has 0 bridgehead atoms. The summed E-state index contributed by atoms with van der Waals surface area (Å²) in [5, 5.41) is 14.4. The maximum absolute atomic E-state index is 5.85. The van der Waals surface area contributed by atoms with Crippen LogP contribution in [0.5, 0.6) is 0 Å². The lowest BCUT2D eigenvalue weighted by Crippen LogP contribution is -2.15. The molecular formula is C12H14ClN3S. The van der Waals surface area contributed by atoms with Gasteiger partial charge in [-0.1, -0.05) is 42.0 Å². The monoisotopic (exact) mass is 267 g/mol. The van der Waals surface area contributed by atoms with Crippen molar-refractivity contribution in [2.45, 2.75) is 13.3 Å². The Hall–Kier alpha value is -0.970. The summed E-state index contributed by atoms with van der Waals surface area (Å²) in [5.41, 5.74) is 1.07. The summed E-state index contributed by atoms with van der Waals surface area (Å²) < 4.78 is 0. The van der Waals surface area contributed by atoms with Crippen LogP contribution < -0.4 is 5.32 Å². The number of hydrogen-bond acceptors (Lipinski definition) is 4. The predicted molar refractivity (Wildman–Crippen MR) is 72.6 cm³/mol. The van der Waals surface area contributed by atoms with Gasteiger partial charge in [0.1, 0.15) is 10.0 Å². The predicted octanol–water partition coefficient (Wildman–Crippen LogP) is 3.01. The maximum atomic E-state index is 5.85. The van der Waals surface area contributed by atoms with Gasteiger partial charge in [0.05, 0.1) is 0 Å². The van der Waals surface area contributed by atoms with E-state index in [0.29, 0.717) is 0 Å². The Labute approximate surface area is 110 Å². The average Bonchev–Trinajstić information content (AvgIpc) is 2.79. The fourth-order valence-corrected chi connectivity index (χ4v) is 2.41. The molecule has 1 aromatic heterocycles. The van der Waals surface area contributed by atoms with Gasteiger partial charge in [0.15, 0.2) is 0 Å². The van der Waals surface area contributed by atoms with E-state index in [1.165, 1.54) is 0 Å². The molecule has 5 heteroatoms. The molecule has 1 aromatic carbocycles. The van der Waals surface area contributed by atoms with Crippen molar-refractivity contribution in [3.63, 3.8) is 0 Å². The van der Waals surface area contributed by atoms with Gasteiger partial charge in [-0.25, -0.2) is 0 Å². The van der Waals surface area contributed by atoms with Gasteiger partial charge in [-0.05, 0) is 18.7 Å². The third-order valence-corrected chi connectivity index (χ3v) is 3.61. The molecule has 0 atom stereocenters. The Kier molecular flexibility index (Phi) is 4.48. The summed E-state index contributed by atoms with van der Waals surface area (Å²) in [6.45, 7) is 4.04. The second kappa shape index (κ2) is 6.10. The molecule has 0 aliphatic rings. The standard InChI is InChI=1S/C12H14ClN3S/c1-2-14-8-7-11-15-16-12(17-11)9-3-5-10(13)6-4-9/h3-6,14H,2,7-8H2,1H3. The van der Waals surface area contributed by atoms with Gasteiger partial charge in [-0.15, -0.1) is 10.2 Å². The number of hydrogen-bond donors (Lipinski definition) is 1. The number of rotatable bonds is 5. The van der Waals surface area contributed by atoms with Gasteiger partial charge in [0, 0.05) is 23.6 Å². The molecule has 0 amide bonds. The molecule has 0 fully saturated rings. The SMILES string of the molecule is CCNCCc1nnc(-c2ccc(Cl)cc2)s1. The van der Waals surface area contributed by atoms with Crippen LogP contribution in [-0.2, 0) is 6.42 Å². The van der Waals surface area contributed by atoms with Crippen LogP contribution in [0.25, 0.3) is 10.6 Å². The van der Waals surface area contributed by atoms with Crippen LogP contribution in [0.15, 0.2) is 24.3 Å². The van der Waals surface area contributed by atoms with E-state index < -0.39 is 0 Å². The smallest absolute Gasteiger partial charge is 0.147 e. The number of nitrogens with one attached hydrogen (secondary N) is 1. The Morgan fingerprint density at radius 3 is 2.71 bits per heavy atom. The van der Waals surface area contributed by atoms with Crippen LogP contribution >= 0.6 is 22.9 Å². The van der Waals surface area contributed by atoms with Crippen LogP contribution in [0, 0.1) is 0 Å². The fourth-order valence-electron chi connectivity index (χ4n) is 1.44. The van der Waals surface area contributed by atoms with Crippen molar-refractivity contribution in [3.05, 3.63) is 34.3 Å². The maximum Gasteiger partial charge on any atom is 0.147 e. The first-order valence-electron chi connectivity index (χ1n) is 5.58. The molecular weight excluding hydrogens is 254 g/mol. The summed E-state index contributed by atoms with van der Waals surface area (Å²) in [7, 11) is 0. The van der Waals surface area contributed by atoms with Crippen molar-refractivity contribution in [1.82, 2.24) is 15.5 Å². The highest BCUT2D eigenvalue weighted by atomic mass is 35.5. The van der Waals surface area contributed by atoms with E-state index in [1.54, 1.807) is 11.3 Å². The molecule has 3 nitrogen and oxygen atoms in total. The topological polar surface area (TPSA) is 37.8 Å². The lowest BCUT2D eigenvalue weighted by molar-refractivity contribution is 0.710. The first-order valence-corrected chi connectivity index (χ1v) is 6.78. The molecule has 2 rings (SSSR count). The van der Waals surface area contributed by atoms with Crippen molar-refractivity contribution >= 4 is 22.9 Å². The Bertz CT molecular complexity index is 467. The minimum absolute atomic E-state index is 0.741. The van der Waals surface area contributed by atoms with Gasteiger partial charge < -0.3 is 5.32 Å². The lowest BCUT2D eigenvalue weighted by atomic mass is 10.2. The normalized spacial score (nSPS) is 10.7. The molecule has 0 saturated heterocycles. The zero-order valence-corrected chi connectivity index (χ0v) is 11.2. The lowest BCUT2D eigenvalue weighted by Gasteiger charge is -1.96. The zero-order valence-electron chi connectivity index (χ0n) is 9.61. The summed E-state index contributed by atoms with van der Waals surface area (Å²) in [6, 6.07) is 7.68. The molecule has 17 heavy (non-hydrogen) atoms. The van der Waals surface area contributed by atoms with E-state index in [4.69, 9.17) is 11.6 Å². The van der Waals surface area contributed by atoms with Crippen molar-refractivity contribution < 1.29 is 0 Å². The number of benzene rings is 1. The fraction of sp³-hybridized carbons (Fsp3) is 0.333. The molecule has 0 radical (unpaired) electrons. The zero-order chi connectivity index (χ0) is 12.1. The molecule has 0 aliphatic heterocycles. The molecule has 0 unspecified atom stereocenters. The third-order valence-electron chi connectivity index (χ3n) is 2.32. The Balaban J connectivity index is 2.04. The van der Waals surface area contributed by atoms with Crippen molar-refractivity contribution in [3.8, 4) is 10.6 Å². The highest BCUT2D eigenvalue weighted by molar-refractivity contribution is 7.14. The molecule has 0 saturated carbocycles. The minimum Gasteiger partial charge on any atom is -0.317 e. The van der Waals surface area contributed by atoms with E-state index in [-0.39, 0.29) is 0 Å². The third kappa shape index (κ3) is 3.49. The summed E-state index contributed by atoms with van der Waals surface area (Å²) in [6.07, 6.45) is 0.930. The van der Waals surface area contributed by atoms with Gasteiger partial charge in [0.25, 0.3) is 0 Å². The molecule has 1 heterocycles. The van der Waals surface area contributed by atoms with E-state index in [0.717, 1.165) is 40.1 Å². The number of aromatic nitrogens is 2. The first-order chi connectivity index (χ1) is 8.29. The van der Waals surface area contributed by atoms with E-state index in [2.05, 4.69) is 22.4 Å². The second-order valence-electron chi connectivity index (χ2n) is 3.61. The van der Waals surface area contributed by atoms with Gasteiger partial charge in [-0.2, -0.15) is 0 Å². The van der Waals surface area contributed by atoms with Crippen LogP contribution in [0.1, 0.15) is 11.9 Å². The molecule has 0 aliphatic carbocycles. The second-order valence-corrected chi connectivity index (χ2v) is 5.11. The number of likely N-dealkylation sites (N-methyl/N-ethyl adjacent to an activating group) is 1. The summed E-state index contributed by atoms with van der Waals surface area (Å²) >= 11 is 7.48. The van der Waals surface area contributed by atoms with Crippen LogP contribution in [-0.4, -0.2) is 23.3 Å². The highest BCUT2D eigenvalue weighted by Gasteiger charge is 2.06. The summed E-state index contributed by atoms with van der Waals surface area (Å²) in [4.78, 5) is 0. The van der Waals surface area contributed by atoms with Crippen LogP contribution in [0.4, 0.5) is 0 Å². The Morgan fingerprint density at radius 2 is 2.00 bits per heavy atom. The molecule has 2 aromatic rings. The number of halogens is 1. The first kappa shape index (κ1) is 12.5. The van der Waals surface area contributed by atoms with E-state index in [1.807, 2.05) is 24.3 Å².